The summed E-state index contributed by atoms with van der Waals surface area (Å²) in [4.78, 5) is 14.4. The van der Waals surface area contributed by atoms with Gasteiger partial charge in [-0.3, -0.25) is 9.35 Å². The van der Waals surface area contributed by atoms with Crippen LogP contribution in [0.2, 0.25) is 0 Å². The SMILES string of the molecule is CC1(C)C(=O)N(CCOCCOCCOCCOCCOCCS(=O)(=O)O)C(C)(C)N1Br. The third-order valence-electron chi connectivity index (χ3n) is 4.83. The largest absolute Gasteiger partial charge is 0.378 e. The molecule has 0 radical (unpaired) electrons. The number of hydrogen-bond acceptors (Lipinski definition) is 9. The third-order valence-corrected chi connectivity index (χ3v) is 7.27. The number of nitrogens with zero attached hydrogens (tertiary/aromatic N) is 2. The highest BCUT2D eigenvalue weighted by atomic mass is 79.9. The van der Waals surface area contributed by atoms with Crippen LogP contribution in [-0.4, -0.2) is 117 Å². The normalized spacial score (nSPS) is 18.6. The van der Waals surface area contributed by atoms with Gasteiger partial charge < -0.3 is 28.6 Å². The summed E-state index contributed by atoms with van der Waals surface area (Å²) in [5.74, 6) is -0.365. The highest BCUT2D eigenvalue weighted by Gasteiger charge is 2.55. The van der Waals surface area contributed by atoms with Gasteiger partial charge in [0.1, 0.15) is 11.2 Å². The highest BCUT2D eigenvalue weighted by molar-refractivity contribution is 9.07. The summed E-state index contributed by atoms with van der Waals surface area (Å²) in [6.45, 7) is 11.7. The van der Waals surface area contributed by atoms with Crippen molar-refractivity contribution in [3.05, 3.63) is 0 Å². The standard InChI is InChI=1S/C19H37BrN2O9S/c1-18(2)17(23)21(19(3,4)22(18)20)5-6-27-7-8-28-9-10-29-11-12-30-13-14-31-15-16-32(24,25)26/h5-16H2,1-4H3,(H,24,25,26). The Morgan fingerprint density at radius 1 is 0.781 bits per heavy atom. The van der Waals surface area contributed by atoms with E-state index in [9.17, 15) is 13.2 Å². The summed E-state index contributed by atoms with van der Waals surface area (Å²) in [6.07, 6.45) is 0. The fraction of sp³-hybridized carbons (Fsp3) is 0.947. The molecule has 0 spiro atoms. The van der Waals surface area contributed by atoms with E-state index in [0.29, 0.717) is 59.4 Å². The number of carbonyl (C=O) groups is 1. The lowest BCUT2D eigenvalue weighted by Gasteiger charge is -2.35. The van der Waals surface area contributed by atoms with E-state index in [0.717, 1.165) is 0 Å². The van der Waals surface area contributed by atoms with Gasteiger partial charge in [0, 0.05) is 22.7 Å². The number of ether oxygens (including phenoxy) is 5. The number of rotatable bonds is 18. The van der Waals surface area contributed by atoms with Crippen LogP contribution in [0, 0.1) is 0 Å². The van der Waals surface area contributed by atoms with Gasteiger partial charge in [0.15, 0.2) is 0 Å². The van der Waals surface area contributed by atoms with Gasteiger partial charge in [0.25, 0.3) is 10.1 Å². The summed E-state index contributed by atoms with van der Waals surface area (Å²) in [5, 5.41) is 0. The summed E-state index contributed by atoms with van der Waals surface area (Å²) < 4.78 is 58.1. The van der Waals surface area contributed by atoms with Crippen molar-refractivity contribution < 1.29 is 41.4 Å². The van der Waals surface area contributed by atoms with Gasteiger partial charge in [-0.1, -0.05) is 0 Å². The Bertz CT molecular complexity index is 661. The van der Waals surface area contributed by atoms with E-state index in [4.69, 9.17) is 28.2 Å². The van der Waals surface area contributed by atoms with E-state index < -0.39 is 27.1 Å². The van der Waals surface area contributed by atoms with Crippen LogP contribution in [0.15, 0.2) is 0 Å². The fourth-order valence-corrected chi connectivity index (χ4v) is 3.80. The molecule has 0 saturated carbocycles. The van der Waals surface area contributed by atoms with Crippen molar-refractivity contribution in [3.63, 3.8) is 0 Å². The molecule has 0 unspecified atom stereocenters. The van der Waals surface area contributed by atoms with Gasteiger partial charge in [-0.2, -0.15) is 8.42 Å². The highest BCUT2D eigenvalue weighted by Crippen LogP contribution is 2.40. The molecule has 0 atom stereocenters. The Morgan fingerprint density at radius 2 is 1.16 bits per heavy atom. The van der Waals surface area contributed by atoms with Gasteiger partial charge in [-0.15, -0.1) is 0 Å². The molecule has 1 amide bonds. The van der Waals surface area contributed by atoms with Gasteiger partial charge >= 0.3 is 0 Å². The number of hydrogen-bond donors (Lipinski definition) is 1. The molecular weight excluding hydrogens is 512 g/mol. The first kappa shape index (κ1) is 29.7. The second kappa shape index (κ2) is 14.1. The van der Waals surface area contributed by atoms with Gasteiger partial charge in [0.2, 0.25) is 5.91 Å². The van der Waals surface area contributed by atoms with Crippen molar-refractivity contribution in [3.8, 4) is 0 Å². The van der Waals surface area contributed by atoms with E-state index in [1.807, 2.05) is 36.5 Å². The van der Waals surface area contributed by atoms with E-state index in [2.05, 4.69) is 16.1 Å². The van der Waals surface area contributed by atoms with Crippen LogP contribution in [0.4, 0.5) is 0 Å². The number of amides is 1. The van der Waals surface area contributed by atoms with Crippen molar-refractivity contribution in [2.75, 3.05) is 78.4 Å². The van der Waals surface area contributed by atoms with Crippen LogP contribution in [-0.2, 0) is 38.6 Å². The third kappa shape index (κ3) is 10.3. The van der Waals surface area contributed by atoms with Gasteiger partial charge in [-0.05, 0) is 27.7 Å². The molecule has 32 heavy (non-hydrogen) atoms. The van der Waals surface area contributed by atoms with Crippen LogP contribution in [0.5, 0.6) is 0 Å². The molecular formula is C19H37BrN2O9S. The van der Waals surface area contributed by atoms with Crippen LogP contribution in [0.1, 0.15) is 27.7 Å². The van der Waals surface area contributed by atoms with E-state index in [-0.39, 0.29) is 19.1 Å². The lowest BCUT2D eigenvalue weighted by Crippen LogP contribution is -2.47. The minimum Gasteiger partial charge on any atom is -0.378 e. The molecule has 1 fully saturated rings. The van der Waals surface area contributed by atoms with Crippen molar-refractivity contribution in [1.29, 1.82) is 0 Å². The van der Waals surface area contributed by atoms with E-state index in [1.54, 1.807) is 0 Å². The van der Waals surface area contributed by atoms with Crippen LogP contribution < -0.4 is 0 Å². The maximum atomic E-state index is 12.6. The molecule has 0 aromatic rings. The Morgan fingerprint density at radius 3 is 1.50 bits per heavy atom. The van der Waals surface area contributed by atoms with E-state index in [1.165, 1.54) is 0 Å². The first-order chi connectivity index (χ1) is 14.9. The summed E-state index contributed by atoms with van der Waals surface area (Å²) >= 11 is 3.52. The summed E-state index contributed by atoms with van der Waals surface area (Å²) in [6, 6.07) is 0. The van der Waals surface area contributed by atoms with Crippen molar-refractivity contribution in [1.82, 2.24) is 8.83 Å². The molecule has 1 heterocycles. The first-order valence-electron chi connectivity index (χ1n) is 10.5. The Balaban J connectivity index is 1.90. The predicted molar refractivity (Wildman–Crippen MR) is 121 cm³/mol. The molecule has 13 heteroatoms. The van der Waals surface area contributed by atoms with E-state index >= 15 is 0 Å². The Kier molecular flexibility index (Phi) is 13.1. The predicted octanol–water partition coefficient (Wildman–Crippen LogP) is 0.926. The average molecular weight is 549 g/mol. The number of halogens is 1. The zero-order valence-electron chi connectivity index (χ0n) is 19.4. The molecule has 11 nitrogen and oxygen atoms in total. The smallest absolute Gasteiger partial charge is 0.267 e. The zero-order valence-corrected chi connectivity index (χ0v) is 21.8. The molecule has 1 aliphatic rings. The molecule has 1 N–H and O–H groups in total. The zero-order chi connectivity index (χ0) is 24.3. The maximum absolute atomic E-state index is 12.6. The van der Waals surface area contributed by atoms with Crippen molar-refractivity contribution in [2.45, 2.75) is 38.9 Å². The lowest BCUT2D eigenvalue weighted by atomic mass is 10.1. The summed E-state index contributed by atoms with van der Waals surface area (Å²) in [5.41, 5.74) is -1.03. The Labute approximate surface area is 199 Å². The minimum atomic E-state index is -3.98. The molecule has 0 bridgehead atoms. The van der Waals surface area contributed by atoms with Crippen LogP contribution in [0.25, 0.3) is 0 Å². The first-order valence-corrected chi connectivity index (χ1v) is 12.8. The molecule has 1 rings (SSSR count). The molecule has 0 aliphatic carbocycles. The minimum absolute atomic E-state index is 0.0602. The molecule has 0 aromatic heterocycles. The summed E-state index contributed by atoms with van der Waals surface area (Å²) in [7, 11) is -3.98. The molecule has 1 aliphatic heterocycles. The average Bonchev–Trinajstić information content (AvgIpc) is 2.81. The maximum Gasteiger partial charge on any atom is 0.267 e. The van der Waals surface area contributed by atoms with Crippen LogP contribution >= 0.6 is 16.1 Å². The number of carbonyl (C=O) groups excluding carboxylic acids is 1. The Hall–Kier alpha value is -0.380. The van der Waals surface area contributed by atoms with Crippen molar-refractivity contribution in [2.24, 2.45) is 0 Å². The molecule has 1 saturated heterocycles. The fourth-order valence-electron chi connectivity index (χ4n) is 3.13. The van der Waals surface area contributed by atoms with Crippen molar-refractivity contribution >= 4 is 32.2 Å². The van der Waals surface area contributed by atoms with Gasteiger partial charge in [0.05, 0.1) is 71.8 Å². The van der Waals surface area contributed by atoms with Crippen LogP contribution in [0.3, 0.4) is 0 Å². The molecule has 190 valence electrons. The second-order valence-electron chi connectivity index (χ2n) is 8.14. The monoisotopic (exact) mass is 548 g/mol. The molecule has 0 aromatic carbocycles. The lowest BCUT2D eigenvalue weighted by molar-refractivity contribution is -0.134. The van der Waals surface area contributed by atoms with Gasteiger partial charge in [-0.25, -0.2) is 3.93 Å². The topological polar surface area (TPSA) is 124 Å². The second-order valence-corrected chi connectivity index (χ2v) is 10.4. The quantitative estimate of drug-likeness (QED) is 0.150.